The van der Waals surface area contributed by atoms with E-state index in [-0.39, 0.29) is 6.61 Å². The molecule has 2 aromatic rings. The summed E-state index contributed by atoms with van der Waals surface area (Å²) in [7, 11) is 0. The van der Waals surface area contributed by atoms with E-state index >= 15 is 0 Å². The van der Waals surface area contributed by atoms with E-state index in [1.807, 2.05) is 0 Å². The maximum atomic E-state index is 12.7. The van der Waals surface area contributed by atoms with E-state index in [0.717, 1.165) is 6.20 Å². The SMILES string of the molecule is NC(=O)OCc1ccc(-n2cc(F)cn2)nc1. The van der Waals surface area contributed by atoms with Gasteiger partial charge in [-0.2, -0.15) is 5.10 Å². The van der Waals surface area contributed by atoms with E-state index in [9.17, 15) is 9.18 Å². The third-order valence-electron chi connectivity index (χ3n) is 1.98. The zero-order chi connectivity index (χ0) is 12.3. The van der Waals surface area contributed by atoms with Crippen molar-refractivity contribution in [2.45, 2.75) is 6.61 Å². The van der Waals surface area contributed by atoms with Crippen LogP contribution in [0.4, 0.5) is 9.18 Å². The normalized spacial score (nSPS) is 10.2. The Hall–Kier alpha value is -2.44. The van der Waals surface area contributed by atoms with Crippen LogP contribution in [-0.4, -0.2) is 20.9 Å². The molecule has 2 rings (SSSR count). The summed E-state index contributed by atoms with van der Waals surface area (Å²) in [6.07, 6.45) is 2.95. The number of hydrogen-bond acceptors (Lipinski definition) is 4. The van der Waals surface area contributed by atoms with Gasteiger partial charge in [-0.25, -0.2) is 18.9 Å². The number of carbonyl (C=O) groups excluding carboxylic acids is 1. The molecule has 0 saturated carbocycles. The minimum absolute atomic E-state index is 0.0517. The van der Waals surface area contributed by atoms with Crippen molar-refractivity contribution in [3.05, 3.63) is 42.1 Å². The topological polar surface area (TPSA) is 83.0 Å². The number of pyridine rings is 1. The molecule has 0 fully saturated rings. The molecule has 17 heavy (non-hydrogen) atoms. The van der Waals surface area contributed by atoms with Gasteiger partial charge in [0, 0.05) is 11.8 Å². The van der Waals surface area contributed by atoms with Gasteiger partial charge in [0.15, 0.2) is 11.6 Å². The second-order valence-corrected chi connectivity index (χ2v) is 3.24. The van der Waals surface area contributed by atoms with E-state index in [1.165, 1.54) is 17.1 Å². The van der Waals surface area contributed by atoms with Crippen molar-refractivity contribution in [3.63, 3.8) is 0 Å². The average Bonchev–Trinajstić information content (AvgIpc) is 2.74. The molecule has 0 aliphatic heterocycles. The zero-order valence-electron chi connectivity index (χ0n) is 8.71. The maximum absolute atomic E-state index is 12.7. The molecule has 2 heterocycles. The Balaban J connectivity index is 2.10. The third kappa shape index (κ3) is 2.77. The molecule has 6 nitrogen and oxygen atoms in total. The summed E-state index contributed by atoms with van der Waals surface area (Å²) in [6.45, 7) is 0.0517. The molecular formula is C10H9FN4O2. The third-order valence-corrected chi connectivity index (χ3v) is 1.98. The summed E-state index contributed by atoms with van der Waals surface area (Å²) in [5.74, 6) is 0.0321. The number of ether oxygens (including phenoxy) is 1. The lowest BCUT2D eigenvalue weighted by Crippen LogP contribution is -2.12. The van der Waals surface area contributed by atoms with Crippen LogP contribution in [0.15, 0.2) is 30.7 Å². The molecule has 0 saturated heterocycles. The lowest BCUT2D eigenvalue weighted by Gasteiger charge is -2.03. The van der Waals surface area contributed by atoms with E-state index < -0.39 is 11.9 Å². The molecule has 0 aliphatic rings. The number of carbonyl (C=O) groups is 1. The maximum Gasteiger partial charge on any atom is 0.404 e. The van der Waals surface area contributed by atoms with Gasteiger partial charge >= 0.3 is 6.09 Å². The molecule has 0 spiro atoms. The Labute approximate surface area is 95.8 Å². The van der Waals surface area contributed by atoms with Gasteiger partial charge in [-0.3, -0.25) is 0 Å². The molecule has 88 valence electrons. The highest BCUT2D eigenvalue weighted by Crippen LogP contribution is 2.07. The fourth-order valence-electron chi connectivity index (χ4n) is 1.22. The van der Waals surface area contributed by atoms with Crippen LogP contribution in [-0.2, 0) is 11.3 Å². The molecule has 0 unspecified atom stereocenters. The summed E-state index contributed by atoms with van der Waals surface area (Å²) in [6, 6.07) is 3.32. The largest absolute Gasteiger partial charge is 0.445 e. The zero-order valence-corrected chi connectivity index (χ0v) is 8.71. The number of hydrogen-bond donors (Lipinski definition) is 1. The summed E-state index contributed by atoms with van der Waals surface area (Å²) < 4.78 is 18.6. The van der Waals surface area contributed by atoms with E-state index in [4.69, 9.17) is 5.73 Å². The number of amides is 1. The van der Waals surface area contributed by atoms with E-state index in [1.54, 1.807) is 12.1 Å². The first-order valence-electron chi connectivity index (χ1n) is 4.73. The fraction of sp³-hybridized carbons (Fsp3) is 0.100. The van der Waals surface area contributed by atoms with Crippen LogP contribution in [0.2, 0.25) is 0 Å². The highest BCUT2D eigenvalue weighted by atomic mass is 19.1. The number of primary amides is 1. The van der Waals surface area contributed by atoms with Crippen LogP contribution >= 0.6 is 0 Å². The van der Waals surface area contributed by atoms with Crippen molar-refractivity contribution in [2.24, 2.45) is 5.73 Å². The highest BCUT2D eigenvalue weighted by molar-refractivity contribution is 5.64. The predicted octanol–water partition coefficient (Wildman–Crippen LogP) is 1.00. The molecule has 0 aliphatic carbocycles. The van der Waals surface area contributed by atoms with Crippen LogP contribution < -0.4 is 5.73 Å². The number of aromatic nitrogens is 3. The molecular weight excluding hydrogens is 227 g/mol. The first-order valence-corrected chi connectivity index (χ1v) is 4.73. The number of rotatable bonds is 3. The van der Waals surface area contributed by atoms with E-state index in [0.29, 0.717) is 11.4 Å². The van der Waals surface area contributed by atoms with Crippen molar-refractivity contribution < 1.29 is 13.9 Å². The van der Waals surface area contributed by atoms with Gasteiger partial charge in [-0.05, 0) is 6.07 Å². The Morgan fingerprint density at radius 2 is 2.29 bits per heavy atom. The quantitative estimate of drug-likeness (QED) is 0.861. The highest BCUT2D eigenvalue weighted by Gasteiger charge is 2.02. The minimum atomic E-state index is -0.844. The number of halogens is 1. The second-order valence-electron chi connectivity index (χ2n) is 3.24. The first kappa shape index (κ1) is 11.1. The first-order chi connectivity index (χ1) is 8.15. The summed E-state index contributed by atoms with van der Waals surface area (Å²) >= 11 is 0. The smallest absolute Gasteiger partial charge is 0.404 e. The van der Waals surface area contributed by atoms with Crippen molar-refractivity contribution >= 4 is 6.09 Å². The van der Waals surface area contributed by atoms with E-state index in [2.05, 4.69) is 14.8 Å². The van der Waals surface area contributed by atoms with Crippen LogP contribution in [0.25, 0.3) is 5.82 Å². The predicted molar refractivity (Wildman–Crippen MR) is 55.7 cm³/mol. The fourth-order valence-corrected chi connectivity index (χ4v) is 1.22. The summed E-state index contributed by atoms with van der Waals surface area (Å²) in [5.41, 5.74) is 5.51. The molecule has 2 N–H and O–H groups in total. The van der Waals surface area contributed by atoms with Gasteiger partial charge in [-0.1, -0.05) is 6.07 Å². The van der Waals surface area contributed by atoms with Crippen LogP contribution in [0.3, 0.4) is 0 Å². The van der Waals surface area contributed by atoms with Crippen molar-refractivity contribution in [1.29, 1.82) is 0 Å². The van der Waals surface area contributed by atoms with Crippen LogP contribution in [0.5, 0.6) is 0 Å². The Kier molecular flexibility index (Phi) is 2.99. The van der Waals surface area contributed by atoms with Crippen LogP contribution in [0.1, 0.15) is 5.56 Å². The van der Waals surface area contributed by atoms with Crippen molar-refractivity contribution in [1.82, 2.24) is 14.8 Å². The second kappa shape index (κ2) is 4.60. The van der Waals surface area contributed by atoms with Gasteiger partial charge < -0.3 is 10.5 Å². The molecule has 0 atom stereocenters. The Bertz CT molecular complexity index is 523. The lowest BCUT2D eigenvalue weighted by atomic mass is 10.3. The lowest BCUT2D eigenvalue weighted by molar-refractivity contribution is 0.150. The van der Waals surface area contributed by atoms with Crippen LogP contribution in [0, 0.1) is 5.82 Å². The van der Waals surface area contributed by atoms with Gasteiger partial charge in [0.25, 0.3) is 0 Å². The summed E-state index contributed by atoms with van der Waals surface area (Å²) in [5, 5.41) is 3.76. The Morgan fingerprint density at radius 3 is 2.82 bits per heavy atom. The van der Waals surface area contributed by atoms with Gasteiger partial charge in [-0.15, -0.1) is 0 Å². The number of nitrogens with zero attached hydrogens (tertiary/aromatic N) is 3. The molecule has 0 bridgehead atoms. The molecule has 0 radical (unpaired) electrons. The standard InChI is InChI=1S/C10H9FN4O2/c11-8-4-14-15(5-8)9-2-1-7(3-13-9)6-17-10(12)16/h1-5H,6H2,(H2,12,16). The number of nitrogens with two attached hydrogens (primary N) is 1. The van der Waals surface area contributed by atoms with Gasteiger partial charge in [0.2, 0.25) is 0 Å². The van der Waals surface area contributed by atoms with Crippen molar-refractivity contribution in [2.75, 3.05) is 0 Å². The molecule has 0 aromatic carbocycles. The van der Waals surface area contributed by atoms with Gasteiger partial charge in [0.1, 0.15) is 6.61 Å². The van der Waals surface area contributed by atoms with Gasteiger partial charge in [0.05, 0.1) is 12.4 Å². The van der Waals surface area contributed by atoms with Crippen molar-refractivity contribution in [3.8, 4) is 5.82 Å². The molecule has 1 amide bonds. The average molecular weight is 236 g/mol. The Morgan fingerprint density at radius 1 is 1.47 bits per heavy atom. The monoisotopic (exact) mass is 236 g/mol. The molecule has 2 aromatic heterocycles. The minimum Gasteiger partial charge on any atom is -0.445 e. The summed E-state index contributed by atoms with van der Waals surface area (Å²) in [4.78, 5) is 14.4. The molecule has 7 heteroatoms.